The minimum atomic E-state index is -3.58. The van der Waals surface area contributed by atoms with Crippen molar-refractivity contribution in [1.29, 1.82) is 5.41 Å². The van der Waals surface area contributed by atoms with E-state index in [1.165, 1.54) is 12.4 Å². The molecule has 2 rings (SSSR count). The molecule has 7 nitrogen and oxygen atoms in total. The van der Waals surface area contributed by atoms with E-state index in [9.17, 15) is 8.42 Å². The maximum Gasteiger partial charge on any atom is 0.243 e. The minimum absolute atomic E-state index is 0.0560. The fraction of sp³-hybridized carbons (Fsp3) is 0.0909. The van der Waals surface area contributed by atoms with Crippen LogP contribution < -0.4 is 10.5 Å². The highest BCUT2D eigenvalue weighted by atomic mass is 32.2. The number of H-pyrrole nitrogens is 1. The molecule has 5 N–H and O–H groups in total. The smallest absolute Gasteiger partial charge is 0.243 e. The molecule has 0 fully saturated rings. The normalized spacial score (nSPS) is 11.4. The Labute approximate surface area is 110 Å². The summed E-state index contributed by atoms with van der Waals surface area (Å²) in [6.45, 7) is 0.120. The number of hydrogen-bond acceptors (Lipinski definition) is 4. The van der Waals surface area contributed by atoms with Crippen molar-refractivity contribution in [2.24, 2.45) is 5.73 Å². The van der Waals surface area contributed by atoms with Gasteiger partial charge in [0.1, 0.15) is 10.7 Å². The number of nitrogens with one attached hydrogen (secondary N) is 3. The van der Waals surface area contributed by atoms with Gasteiger partial charge in [0.25, 0.3) is 0 Å². The van der Waals surface area contributed by atoms with Crippen molar-refractivity contribution in [2.45, 2.75) is 11.4 Å². The van der Waals surface area contributed by atoms with Crippen molar-refractivity contribution in [3.05, 3.63) is 47.8 Å². The van der Waals surface area contributed by atoms with E-state index in [4.69, 9.17) is 11.1 Å². The Kier molecular flexibility index (Phi) is 3.63. The maximum absolute atomic E-state index is 11.8. The van der Waals surface area contributed by atoms with E-state index in [2.05, 4.69) is 14.9 Å². The molecule has 0 saturated heterocycles. The van der Waals surface area contributed by atoms with E-state index in [1.807, 2.05) is 0 Å². The van der Waals surface area contributed by atoms with Crippen LogP contribution in [0.3, 0.4) is 0 Å². The second-order valence-corrected chi connectivity index (χ2v) is 5.64. The van der Waals surface area contributed by atoms with Gasteiger partial charge >= 0.3 is 0 Å². The molecule has 8 heteroatoms. The average Bonchev–Trinajstić information content (AvgIpc) is 2.91. The summed E-state index contributed by atoms with van der Waals surface area (Å²) in [6, 6.07) is 6.83. The molecule has 1 aromatic heterocycles. The number of sulfonamides is 1. The number of nitrogen functional groups attached to an aromatic ring is 1. The second-order valence-electron chi connectivity index (χ2n) is 3.87. The van der Waals surface area contributed by atoms with Crippen LogP contribution in [0.15, 0.2) is 41.6 Å². The summed E-state index contributed by atoms with van der Waals surface area (Å²) >= 11 is 0. The van der Waals surface area contributed by atoms with E-state index in [-0.39, 0.29) is 17.3 Å². The molecule has 0 aliphatic rings. The zero-order chi connectivity index (χ0) is 13.9. The van der Waals surface area contributed by atoms with E-state index >= 15 is 0 Å². The lowest BCUT2D eigenvalue weighted by atomic mass is 10.1. The molecule has 0 unspecified atom stereocenters. The standard InChI is InChI=1S/C11H13N5O2S/c12-11(13)9-3-1-2-8(4-9)5-16-19(17,18)10-6-14-15-7-10/h1-4,6-7,16H,5H2,(H3,12,13)(H,14,15). The molecule has 0 atom stereocenters. The van der Waals surface area contributed by atoms with Crippen molar-refractivity contribution in [1.82, 2.24) is 14.9 Å². The monoisotopic (exact) mass is 279 g/mol. The van der Waals surface area contributed by atoms with Gasteiger partial charge < -0.3 is 5.73 Å². The fourth-order valence-electron chi connectivity index (χ4n) is 1.50. The third-order valence-corrected chi connectivity index (χ3v) is 3.86. The minimum Gasteiger partial charge on any atom is -0.384 e. The highest BCUT2D eigenvalue weighted by molar-refractivity contribution is 7.89. The first-order valence-electron chi connectivity index (χ1n) is 5.41. The Morgan fingerprint density at radius 2 is 2.26 bits per heavy atom. The lowest BCUT2D eigenvalue weighted by molar-refractivity contribution is 0.581. The number of aromatic nitrogens is 2. The number of benzene rings is 1. The van der Waals surface area contributed by atoms with Crippen LogP contribution >= 0.6 is 0 Å². The van der Waals surface area contributed by atoms with Crippen LogP contribution in [0.1, 0.15) is 11.1 Å². The molecule has 1 aromatic carbocycles. The van der Waals surface area contributed by atoms with Gasteiger partial charge in [-0.25, -0.2) is 13.1 Å². The van der Waals surface area contributed by atoms with Crippen molar-refractivity contribution < 1.29 is 8.42 Å². The first-order valence-corrected chi connectivity index (χ1v) is 6.89. The van der Waals surface area contributed by atoms with Gasteiger partial charge in [0, 0.05) is 18.3 Å². The molecule has 19 heavy (non-hydrogen) atoms. The average molecular weight is 279 g/mol. The summed E-state index contributed by atoms with van der Waals surface area (Å²) in [5.74, 6) is -0.0560. The lowest BCUT2D eigenvalue weighted by Crippen LogP contribution is -2.23. The molecule has 0 radical (unpaired) electrons. The highest BCUT2D eigenvalue weighted by Gasteiger charge is 2.14. The molecule has 0 spiro atoms. The van der Waals surface area contributed by atoms with Crippen LogP contribution in [0.2, 0.25) is 0 Å². The number of rotatable bonds is 5. The lowest BCUT2D eigenvalue weighted by Gasteiger charge is -2.06. The fourth-order valence-corrected chi connectivity index (χ4v) is 2.42. The van der Waals surface area contributed by atoms with E-state index in [0.717, 1.165) is 5.56 Å². The summed E-state index contributed by atoms with van der Waals surface area (Å²) in [4.78, 5) is 0.0789. The number of aromatic amines is 1. The number of nitrogens with zero attached hydrogens (tertiary/aromatic N) is 1. The second kappa shape index (κ2) is 5.21. The Morgan fingerprint density at radius 1 is 1.47 bits per heavy atom. The van der Waals surface area contributed by atoms with Gasteiger partial charge in [-0.3, -0.25) is 10.5 Å². The molecule has 0 saturated carbocycles. The van der Waals surface area contributed by atoms with E-state index < -0.39 is 10.0 Å². The van der Waals surface area contributed by atoms with Crippen LogP contribution in [-0.2, 0) is 16.6 Å². The first kappa shape index (κ1) is 13.2. The summed E-state index contributed by atoms with van der Waals surface area (Å²) in [5, 5.41) is 13.4. The zero-order valence-electron chi connectivity index (χ0n) is 9.92. The van der Waals surface area contributed by atoms with Crippen LogP contribution in [-0.4, -0.2) is 24.5 Å². The summed E-state index contributed by atoms with van der Waals surface area (Å²) < 4.78 is 26.1. The van der Waals surface area contributed by atoms with Gasteiger partial charge in [0.2, 0.25) is 10.0 Å². The third-order valence-electron chi connectivity index (χ3n) is 2.49. The molecular formula is C11H13N5O2S. The largest absolute Gasteiger partial charge is 0.384 e. The summed E-state index contributed by atoms with van der Waals surface area (Å²) in [6.07, 6.45) is 2.53. The van der Waals surface area contributed by atoms with Gasteiger partial charge in [-0.05, 0) is 11.6 Å². The summed E-state index contributed by atoms with van der Waals surface area (Å²) in [7, 11) is -3.58. The van der Waals surface area contributed by atoms with Gasteiger partial charge in [-0.1, -0.05) is 18.2 Å². The maximum atomic E-state index is 11.8. The molecule has 0 bridgehead atoms. The number of amidine groups is 1. The zero-order valence-corrected chi connectivity index (χ0v) is 10.7. The van der Waals surface area contributed by atoms with Crippen LogP contribution in [0.25, 0.3) is 0 Å². The molecule has 0 aliphatic heterocycles. The predicted octanol–water partition coefficient (Wildman–Crippen LogP) is 0.172. The van der Waals surface area contributed by atoms with Gasteiger partial charge in [-0.2, -0.15) is 5.10 Å². The van der Waals surface area contributed by atoms with Gasteiger partial charge in [0.05, 0.1) is 6.20 Å². The number of hydrogen-bond donors (Lipinski definition) is 4. The molecule has 2 aromatic rings. The number of nitrogens with two attached hydrogens (primary N) is 1. The van der Waals surface area contributed by atoms with Crippen molar-refractivity contribution in [3.8, 4) is 0 Å². The summed E-state index contributed by atoms with van der Waals surface area (Å²) in [5.41, 5.74) is 6.65. The molecule has 100 valence electrons. The Balaban J connectivity index is 2.11. The quantitative estimate of drug-likeness (QED) is 0.460. The van der Waals surface area contributed by atoms with Crippen LogP contribution in [0.4, 0.5) is 0 Å². The predicted molar refractivity (Wildman–Crippen MR) is 70.1 cm³/mol. The van der Waals surface area contributed by atoms with E-state index in [0.29, 0.717) is 5.56 Å². The van der Waals surface area contributed by atoms with Crippen molar-refractivity contribution in [2.75, 3.05) is 0 Å². The highest BCUT2D eigenvalue weighted by Crippen LogP contribution is 2.08. The molecule has 0 aliphatic carbocycles. The van der Waals surface area contributed by atoms with Crippen LogP contribution in [0, 0.1) is 5.41 Å². The Morgan fingerprint density at radius 3 is 2.89 bits per heavy atom. The van der Waals surface area contributed by atoms with Crippen molar-refractivity contribution >= 4 is 15.9 Å². The SMILES string of the molecule is N=C(N)c1cccc(CNS(=O)(=O)c2cn[nH]c2)c1. The molecule has 1 heterocycles. The molecule has 0 amide bonds. The van der Waals surface area contributed by atoms with E-state index in [1.54, 1.807) is 24.3 Å². The van der Waals surface area contributed by atoms with Crippen LogP contribution in [0.5, 0.6) is 0 Å². The van der Waals surface area contributed by atoms with Crippen molar-refractivity contribution in [3.63, 3.8) is 0 Å². The van der Waals surface area contributed by atoms with Gasteiger partial charge in [0.15, 0.2) is 0 Å². The van der Waals surface area contributed by atoms with Gasteiger partial charge in [-0.15, -0.1) is 0 Å². The Hall–Kier alpha value is -2.19. The topological polar surface area (TPSA) is 125 Å². The Bertz CT molecular complexity index is 679. The molecular weight excluding hydrogens is 266 g/mol. The first-order chi connectivity index (χ1) is 8.99. The third kappa shape index (κ3) is 3.18.